The number of benzene rings is 1. The summed E-state index contributed by atoms with van der Waals surface area (Å²) in [5, 5.41) is 5.32. The summed E-state index contributed by atoms with van der Waals surface area (Å²) in [6, 6.07) is 11.8. The number of pyridine rings is 1. The zero-order chi connectivity index (χ0) is 40.6. The number of aldehydes is 1. The second-order valence-electron chi connectivity index (χ2n) is 12.3. The van der Waals surface area contributed by atoms with Crippen molar-refractivity contribution in [1.29, 1.82) is 0 Å². The third-order valence-corrected chi connectivity index (χ3v) is 8.16. The lowest BCUT2D eigenvalue weighted by molar-refractivity contribution is -0.130. The predicted molar refractivity (Wildman–Crippen MR) is 224 cm³/mol. The molecule has 3 rings (SSSR count). The molecule has 2 heterocycles. The van der Waals surface area contributed by atoms with Crippen molar-refractivity contribution in [1.82, 2.24) is 25.4 Å². The zero-order valence-corrected chi connectivity index (χ0v) is 33.6. The average molecular weight is 738 g/mol. The third kappa shape index (κ3) is 22.5. The van der Waals surface area contributed by atoms with Crippen molar-refractivity contribution in [2.75, 3.05) is 26.7 Å². The number of aromatic nitrogens is 1. The van der Waals surface area contributed by atoms with E-state index in [0.717, 1.165) is 42.2 Å². The van der Waals surface area contributed by atoms with Gasteiger partial charge in [0.15, 0.2) is 0 Å². The predicted octanol–water partition coefficient (Wildman–Crippen LogP) is 7.79. The van der Waals surface area contributed by atoms with Gasteiger partial charge < -0.3 is 25.2 Å². The molecule has 2 N–H and O–H groups in total. The van der Waals surface area contributed by atoms with Crippen molar-refractivity contribution < 1.29 is 19.2 Å². The summed E-state index contributed by atoms with van der Waals surface area (Å²) >= 11 is 0. The molecule has 0 aliphatic carbocycles. The molecule has 1 aliphatic rings. The van der Waals surface area contributed by atoms with E-state index in [-0.39, 0.29) is 5.91 Å². The van der Waals surface area contributed by atoms with Gasteiger partial charge in [-0.25, -0.2) is 0 Å². The van der Waals surface area contributed by atoms with Crippen molar-refractivity contribution in [3.8, 4) is 0 Å². The summed E-state index contributed by atoms with van der Waals surface area (Å²) in [5.41, 5.74) is 6.62. The van der Waals surface area contributed by atoms with Crippen LogP contribution in [0.1, 0.15) is 70.6 Å². The molecule has 2 aromatic rings. The fourth-order valence-electron chi connectivity index (χ4n) is 4.82. The summed E-state index contributed by atoms with van der Waals surface area (Å²) in [6.07, 6.45) is 24.5. The number of nitrogens with one attached hydrogen (secondary N) is 2. The molecule has 3 amide bonds. The van der Waals surface area contributed by atoms with Crippen LogP contribution >= 0.6 is 0 Å². The maximum absolute atomic E-state index is 12.4. The van der Waals surface area contributed by atoms with Crippen LogP contribution in [-0.4, -0.2) is 72.5 Å². The molecule has 0 radical (unpaired) electrons. The number of amides is 3. The van der Waals surface area contributed by atoms with Gasteiger partial charge in [-0.1, -0.05) is 101 Å². The minimum absolute atomic E-state index is 0.181. The maximum Gasteiger partial charge on any atom is 0.247 e. The van der Waals surface area contributed by atoms with E-state index in [1.54, 1.807) is 36.7 Å². The van der Waals surface area contributed by atoms with E-state index < -0.39 is 6.04 Å². The molecule has 292 valence electrons. The second-order valence-corrected chi connectivity index (χ2v) is 12.3. The first kappa shape index (κ1) is 48.6. The molecule has 1 saturated heterocycles. The number of likely N-dealkylation sites (tertiary alicyclic amines) is 1. The first-order valence-corrected chi connectivity index (χ1v) is 18.6. The Morgan fingerprint density at radius 1 is 0.963 bits per heavy atom. The van der Waals surface area contributed by atoms with E-state index in [4.69, 9.17) is 0 Å². The number of allylic oxidation sites excluding steroid dienone is 10. The van der Waals surface area contributed by atoms with E-state index in [1.807, 2.05) is 50.3 Å². The van der Waals surface area contributed by atoms with Gasteiger partial charge in [0.05, 0.1) is 0 Å². The number of rotatable bonds is 17. The molecule has 54 heavy (non-hydrogen) atoms. The molecular weight excluding hydrogens is 675 g/mol. The molecule has 1 unspecified atom stereocenters. The fraction of sp³-hybridized carbons (Fsp3) is 0.356. The van der Waals surface area contributed by atoms with E-state index in [9.17, 15) is 19.2 Å². The van der Waals surface area contributed by atoms with Crippen LogP contribution in [0.15, 0.2) is 133 Å². The Labute approximate surface area is 325 Å². The zero-order valence-electron chi connectivity index (χ0n) is 33.6. The summed E-state index contributed by atoms with van der Waals surface area (Å²) in [4.78, 5) is 51.4. The number of carbonyl (C=O) groups is 4. The average Bonchev–Trinajstić information content (AvgIpc) is 3.68. The van der Waals surface area contributed by atoms with E-state index >= 15 is 0 Å². The van der Waals surface area contributed by atoms with E-state index in [0.29, 0.717) is 37.2 Å². The first-order chi connectivity index (χ1) is 26.0. The number of carbonyl (C=O) groups excluding carboxylic acids is 4. The summed E-state index contributed by atoms with van der Waals surface area (Å²) in [6.45, 7) is 23.1. The molecule has 1 aromatic heterocycles. The van der Waals surface area contributed by atoms with Gasteiger partial charge in [-0.3, -0.25) is 19.4 Å². The quantitative estimate of drug-likeness (QED) is 0.127. The highest BCUT2D eigenvalue weighted by Gasteiger charge is 2.29. The van der Waals surface area contributed by atoms with Crippen LogP contribution in [0.4, 0.5) is 0 Å². The molecule has 1 fully saturated rings. The SMILES string of the molecule is C=C(/C=C\C(=C/C)NC(=O)C1CCCN1C=O)/C=C/C(/C=C\C(=C)NC=O)=C/C.CCCN(C)CC.CCc1ccccc1C.O=CCc1cccnc1. The highest BCUT2D eigenvalue weighted by Crippen LogP contribution is 2.16. The largest absolute Gasteiger partial charge is 0.333 e. The van der Waals surface area contributed by atoms with E-state index in [2.05, 4.69) is 92.7 Å². The summed E-state index contributed by atoms with van der Waals surface area (Å²) < 4.78 is 0. The van der Waals surface area contributed by atoms with Gasteiger partial charge in [0.25, 0.3) is 0 Å². The topological polar surface area (TPSA) is 112 Å². The van der Waals surface area contributed by atoms with Gasteiger partial charge in [0.2, 0.25) is 18.7 Å². The second kappa shape index (κ2) is 31.1. The Hall–Kier alpha value is -5.41. The minimum Gasteiger partial charge on any atom is -0.333 e. The molecule has 1 aliphatic heterocycles. The third-order valence-electron chi connectivity index (χ3n) is 8.16. The lowest BCUT2D eigenvalue weighted by atomic mass is 10.1. The summed E-state index contributed by atoms with van der Waals surface area (Å²) in [5.74, 6) is -0.181. The van der Waals surface area contributed by atoms with Crippen LogP contribution in [0, 0.1) is 6.92 Å². The molecule has 0 saturated carbocycles. The Morgan fingerprint density at radius 2 is 1.67 bits per heavy atom. The number of hydrogen-bond acceptors (Lipinski definition) is 6. The van der Waals surface area contributed by atoms with Crippen molar-refractivity contribution in [3.63, 3.8) is 0 Å². The van der Waals surface area contributed by atoms with Crippen LogP contribution in [0.5, 0.6) is 0 Å². The highest BCUT2D eigenvalue weighted by atomic mass is 16.2. The standard InChI is InChI=1S/C23H29N3O3.C9H12.C7H7NO.C6H15N/c1-5-20(13-11-19(4)24-16-27)12-9-18(3)10-14-21(6-2)25-23(29)22-8-7-15-26(22)17-28;1-3-9-7-5-4-6-8(9)2;9-5-3-7-2-1-4-8-6-7;1-4-6-7(3)5-2/h5-6,9-14,16-17,22H,3-4,7-8,15H2,1-2H3,(H,24,27)(H,25,29);4-7H,3H2,1-2H3;1-2,4-6H,3H2;4-6H2,1-3H3/b12-9+,13-11-,14-10-,20-5-,21-6+;;;. The van der Waals surface area contributed by atoms with Crippen LogP contribution in [-0.2, 0) is 32.0 Å². The molecule has 0 bridgehead atoms. The van der Waals surface area contributed by atoms with Gasteiger partial charge in [-0.2, -0.15) is 0 Å². The first-order valence-electron chi connectivity index (χ1n) is 18.6. The molecular formula is C45H63N5O4. The Balaban J connectivity index is 0.000000894. The van der Waals surface area contributed by atoms with Gasteiger partial charge in [-0.05, 0) is 113 Å². The number of hydrogen-bond donors (Lipinski definition) is 2. The molecule has 1 aromatic carbocycles. The molecule has 0 spiro atoms. The maximum atomic E-state index is 12.4. The molecule has 9 heteroatoms. The van der Waals surface area contributed by atoms with E-state index in [1.165, 1.54) is 35.5 Å². The minimum atomic E-state index is -0.411. The Morgan fingerprint density at radius 3 is 2.19 bits per heavy atom. The van der Waals surface area contributed by atoms with Gasteiger partial charge in [0.1, 0.15) is 12.3 Å². The lowest BCUT2D eigenvalue weighted by Gasteiger charge is -2.19. The van der Waals surface area contributed by atoms with Crippen LogP contribution in [0.2, 0.25) is 0 Å². The van der Waals surface area contributed by atoms with Crippen LogP contribution < -0.4 is 10.6 Å². The Bertz CT molecular complexity index is 1570. The monoisotopic (exact) mass is 737 g/mol. The fourth-order valence-corrected chi connectivity index (χ4v) is 4.82. The van der Waals surface area contributed by atoms with Gasteiger partial charge >= 0.3 is 0 Å². The highest BCUT2D eigenvalue weighted by molar-refractivity contribution is 5.85. The lowest BCUT2D eigenvalue weighted by Crippen LogP contribution is -2.42. The number of aryl methyl sites for hydroxylation is 2. The van der Waals surface area contributed by atoms with Crippen molar-refractivity contribution in [2.45, 2.75) is 79.7 Å². The normalized spacial score (nSPS) is 14.0. The van der Waals surface area contributed by atoms with Crippen molar-refractivity contribution in [2.24, 2.45) is 0 Å². The Kier molecular flexibility index (Phi) is 28.0. The van der Waals surface area contributed by atoms with Crippen LogP contribution in [0.3, 0.4) is 0 Å². The number of nitrogens with zero attached hydrogens (tertiary/aromatic N) is 3. The van der Waals surface area contributed by atoms with Crippen molar-refractivity contribution in [3.05, 3.63) is 150 Å². The van der Waals surface area contributed by atoms with Crippen molar-refractivity contribution >= 4 is 25.0 Å². The van der Waals surface area contributed by atoms with Gasteiger partial charge in [0, 0.05) is 36.8 Å². The molecule has 1 atom stereocenters. The molecule has 9 nitrogen and oxygen atoms in total. The van der Waals surface area contributed by atoms with Gasteiger partial charge in [-0.15, -0.1) is 0 Å². The van der Waals surface area contributed by atoms with Crippen LogP contribution in [0.25, 0.3) is 0 Å². The summed E-state index contributed by atoms with van der Waals surface area (Å²) in [7, 11) is 2.14. The smallest absolute Gasteiger partial charge is 0.247 e.